The SMILES string of the molecule is O=C(NOCc1cccc(CF)c1)c1ccccc1NCc1ccncc1. The fourth-order valence-electron chi connectivity index (χ4n) is 2.58. The lowest BCUT2D eigenvalue weighted by molar-refractivity contribution is 0.0234. The van der Waals surface area contributed by atoms with Crippen molar-refractivity contribution in [1.82, 2.24) is 10.5 Å². The molecule has 1 aromatic heterocycles. The van der Waals surface area contributed by atoms with Crippen molar-refractivity contribution in [3.05, 3.63) is 95.3 Å². The van der Waals surface area contributed by atoms with Gasteiger partial charge in [0.1, 0.15) is 6.67 Å². The quantitative estimate of drug-likeness (QED) is 0.592. The Kier molecular flexibility index (Phi) is 6.49. The van der Waals surface area contributed by atoms with Gasteiger partial charge in [0, 0.05) is 24.6 Å². The molecule has 0 aliphatic carbocycles. The van der Waals surface area contributed by atoms with Crippen LogP contribution in [0.1, 0.15) is 27.0 Å². The third-order valence-electron chi connectivity index (χ3n) is 3.95. The Hall–Kier alpha value is -3.25. The molecule has 0 bridgehead atoms. The van der Waals surface area contributed by atoms with Crippen LogP contribution >= 0.6 is 0 Å². The summed E-state index contributed by atoms with van der Waals surface area (Å²) in [6.45, 7) is 0.201. The molecule has 0 saturated heterocycles. The predicted octanol–water partition coefficient (Wildman–Crippen LogP) is 4.02. The summed E-state index contributed by atoms with van der Waals surface area (Å²) in [6, 6.07) is 18.0. The van der Waals surface area contributed by atoms with Gasteiger partial charge in [0.25, 0.3) is 5.91 Å². The van der Waals surface area contributed by atoms with Gasteiger partial charge in [-0.1, -0.05) is 36.4 Å². The zero-order chi connectivity index (χ0) is 18.9. The number of rotatable bonds is 8. The van der Waals surface area contributed by atoms with Crippen LogP contribution in [-0.4, -0.2) is 10.9 Å². The molecule has 5 nitrogen and oxygen atoms in total. The Labute approximate surface area is 157 Å². The van der Waals surface area contributed by atoms with Crippen molar-refractivity contribution in [2.24, 2.45) is 0 Å². The highest BCUT2D eigenvalue weighted by molar-refractivity contribution is 5.98. The van der Waals surface area contributed by atoms with Crippen molar-refractivity contribution >= 4 is 11.6 Å². The Balaban J connectivity index is 1.57. The third-order valence-corrected chi connectivity index (χ3v) is 3.95. The minimum Gasteiger partial charge on any atom is -0.380 e. The van der Waals surface area contributed by atoms with Crippen molar-refractivity contribution in [3.8, 4) is 0 Å². The van der Waals surface area contributed by atoms with Gasteiger partial charge in [0.2, 0.25) is 0 Å². The fourth-order valence-corrected chi connectivity index (χ4v) is 2.58. The summed E-state index contributed by atoms with van der Waals surface area (Å²) in [5.41, 5.74) is 6.04. The number of nitrogens with zero attached hydrogens (tertiary/aromatic N) is 1. The lowest BCUT2D eigenvalue weighted by Gasteiger charge is -2.12. The molecule has 2 aromatic carbocycles. The lowest BCUT2D eigenvalue weighted by atomic mass is 10.1. The molecular formula is C21H20FN3O2. The molecule has 27 heavy (non-hydrogen) atoms. The molecule has 2 N–H and O–H groups in total. The normalized spacial score (nSPS) is 10.4. The molecule has 6 heteroatoms. The van der Waals surface area contributed by atoms with Gasteiger partial charge in [-0.2, -0.15) is 0 Å². The molecule has 0 saturated carbocycles. The Morgan fingerprint density at radius 1 is 0.963 bits per heavy atom. The third kappa shape index (κ3) is 5.36. The van der Waals surface area contributed by atoms with Gasteiger partial charge >= 0.3 is 0 Å². The average molecular weight is 365 g/mol. The molecule has 3 rings (SSSR count). The number of alkyl halides is 1. The molecule has 0 unspecified atom stereocenters. The smallest absolute Gasteiger partial charge is 0.276 e. The molecular weight excluding hydrogens is 345 g/mol. The van der Waals surface area contributed by atoms with Crippen LogP contribution in [0.5, 0.6) is 0 Å². The van der Waals surface area contributed by atoms with E-state index in [1.165, 1.54) is 0 Å². The number of carbonyl (C=O) groups excluding carboxylic acids is 1. The Bertz CT molecular complexity index is 887. The zero-order valence-corrected chi connectivity index (χ0v) is 14.7. The number of amides is 1. The Morgan fingerprint density at radius 3 is 2.56 bits per heavy atom. The first-order valence-electron chi connectivity index (χ1n) is 8.54. The van der Waals surface area contributed by atoms with Crippen LogP contribution in [0, 0.1) is 0 Å². The zero-order valence-electron chi connectivity index (χ0n) is 14.7. The monoisotopic (exact) mass is 365 g/mol. The fraction of sp³-hybridized carbons (Fsp3) is 0.143. The van der Waals surface area contributed by atoms with Gasteiger partial charge in [0.15, 0.2) is 0 Å². The first-order chi connectivity index (χ1) is 13.3. The van der Waals surface area contributed by atoms with Crippen molar-refractivity contribution in [2.45, 2.75) is 19.8 Å². The van der Waals surface area contributed by atoms with Crippen LogP contribution in [0.4, 0.5) is 10.1 Å². The summed E-state index contributed by atoms with van der Waals surface area (Å²) >= 11 is 0. The number of hydrogen-bond donors (Lipinski definition) is 2. The van der Waals surface area contributed by atoms with E-state index >= 15 is 0 Å². The first kappa shape index (κ1) is 18.5. The number of benzene rings is 2. The second kappa shape index (κ2) is 9.45. The van der Waals surface area contributed by atoms with E-state index in [4.69, 9.17) is 4.84 Å². The van der Waals surface area contributed by atoms with Crippen molar-refractivity contribution in [3.63, 3.8) is 0 Å². The number of hydroxylamine groups is 1. The van der Waals surface area contributed by atoms with Crippen molar-refractivity contribution in [1.29, 1.82) is 0 Å². The average Bonchev–Trinajstić information content (AvgIpc) is 2.73. The largest absolute Gasteiger partial charge is 0.380 e. The first-order valence-corrected chi connectivity index (χ1v) is 8.54. The number of hydrogen-bond acceptors (Lipinski definition) is 4. The van der Waals surface area contributed by atoms with Crippen molar-refractivity contribution in [2.75, 3.05) is 5.32 Å². The maximum Gasteiger partial charge on any atom is 0.276 e. The minimum atomic E-state index is -0.531. The molecule has 138 valence electrons. The maximum absolute atomic E-state index is 12.7. The van der Waals surface area contributed by atoms with Crippen LogP contribution in [0.25, 0.3) is 0 Å². The van der Waals surface area contributed by atoms with Crippen LogP contribution in [-0.2, 0) is 24.7 Å². The number of para-hydroxylation sites is 1. The summed E-state index contributed by atoms with van der Waals surface area (Å²) in [7, 11) is 0. The summed E-state index contributed by atoms with van der Waals surface area (Å²) < 4.78 is 12.7. The van der Waals surface area contributed by atoms with E-state index in [-0.39, 0.29) is 12.5 Å². The highest BCUT2D eigenvalue weighted by Crippen LogP contribution is 2.16. The van der Waals surface area contributed by atoms with Gasteiger partial charge in [-0.25, -0.2) is 9.87 Å². The number of carbonyl (C=O) groups is 1. The second-order valence-electron chi connectivity index (χ2n) is 5.93. The molecule has 0 atom stereocenters. The summed E-state index contributed by atoms with van der Waals surface area (Å²) in [6.07, 6.45) is 3.45. The molecule has 0 fully saturated rings. The molecule has 0 spiro atoms. The molecule has 0 aliphatic rings. The van der Waals surface area contributed by atoms with E-state index < -0.39 is 6.67 Å². The highest BCUT2D eigenvalue weighted by Gasteiger charge is 2.11. The van der Waals surface area contributed by atoms with Gasteiger partial charge in [-0.15, -0.1) is 0 Å². The van der Waals surface area contributed by atoms with E-state index in [1.807, 2.05) is 30.3 Å². The van der Waals surface area contributed by atoms with Crippen LogP contribution in [0.15, 0.2) is 73.1 Å². The molecule has 1 heterocycles. The number of anilines is 1. The number of pyridine rings is 1. The van der Waals surface area contributed by atoms with E-state index in [2.05, 4.69) is 15.8 Å². The molecule has 0 aliphatic heterocycles. The number of halogens is 1. The summed E-state index contributed by atoms with van der Waals surface area (Å²) in [4.78, 5) is 21.7. The predicted molar refractivity (Wildman–Crippen MR) is 102 cm³/mol. The lowest BCUT2D eigenvalue weighted by Crippen LogP contribution is -2.24. The van der Waals surface area contributed by atoms with E-state index in [9.17, 15) is 9.18 Å². The van der Waals surface area contributed by atoms with Crippen molar-refractivity contribution < 1.29 is 14.0 Å². The topological polar surface area (TPSA) is 63.2 Å². The molecule has 0 radical (unpaired) electrons. The van der Waals surface area contributed by atoms with E-state index in [0.717, 1.165) is 11.1 Å². The highest BCUT2D eigenvalue weighted by atomic mass is 19.1. The maximum atomic E-state index is 12.7. The molecule has 3 aromatic rings. The van der Waals surface area contributed by atoms with Crippen LogP contribution < -0.4 is 10.8 Å². The van der Waals surface area contributed by atoms with Gasteiger partial charge in [0.05, 0.1) is 12.2 Å². The van der Waals surface area contributed by atoms with Gasteiger partial charge in [-0.3, -0.25) is 14.6 Å². The van der Waals surface area contributed by atoms with Crippen LogP contribution in [0.3, 0.4) is 0 Å². The standard InChI is InChI=1S/C21H20FN3O2/c22-13-17-4-3-5-18(12-17)15-27-25-21(26)19-6-1-2-7-20(19)24-14-16-8-10-23-11-9-16/h1-12,24H,13-15H2,(H,25,26). The summed E-state index contributed by atoms with van der Waals surface area (Å²) in [5, 5.41) is 3.25. The van der Waals surface area contributed by atoms with Gasteiger partial charge < -0.3 is 5.32 Å². The second-order valence-corrected chi connectivity index (χ2v) is 5.93. The Morgan fingerprint density at radius 2 is 1.74 bits per heavy atom. The van der Waals surface area contributed by atoms with E-state index in [1.54, 1.807) is 42.7 Å². The summed E-state index contributed by atoms with van der Waals surface area (Å²) in [5.74, 6) is -0.352. The number of nitrogens with one attached hydrogen (secondary N) is 2. The minimum absolute atomic E-state index is 0.159. The van der Waals surface area contributed by atoms with Crippen LogP contribution in [0.2, 0.25) is 0 Å². The number of aromatic nitrogens is 1. The van der Waals surface area contributed by atoms with Gasteiger partial charge in [-0.05, 0) is 41.0 Å². The molecule has 1 amide bonds. The van der Waals surface area contributed by atoms with E-state index in [0.29, 0.717) is 23.4 Å².